The van der Waals surface area contributed by atoms with Crippen LogP contribution in [-0.4, -0.2) is 54.8 Å². The summed E-state index contributed by atoms with van der Waals surface area (Å²) in [5.74, 6) is -1.59. The van der Waals surface area contributed by atoms with E-state index in [0.29, 0.717) is 18.4 Å². The van der Waals surface area contributed by atoms with Crippen molar-refractivity contribution in [2.75, 3.05) is 6.26 Å². The number of rotatable bonds is 5. The van der Waals surface area contributed by atoms with Crippen molar-refractivity contribution in [3.05, 3.63) is 23.1 Å². The fraction of sp³-hybridized carbons (Fsp3) is 0.438. The van der Waals surface area contributed by atoms with Gasteiger partial charge in [0, 0.05) is 11.8 Å². The molecule has 3 atom stereocenters. The van der Waals surface area contributed by atoms with E-state index in [9.17, 15) is 19.8 Å². The van der Waals surface area contributed by atoms with E-state index in [2.05, 4.69) is 4.98 Å². The zero-order chi connectivity index (χ0) is 17.9. The van der Waals surface area contributed by atoms with Gasteiger partial charge >= 0.3 is 5.97 Å². The van der Waals surface area contributed by atoms with E-state index in [4.69, 9.17) is 0 Å². The molecule has 0 spiro atoms. The van der Waals surface area contributed by atoms with Gasteiger partial charge < -0.3 is 15.1 Å². The summed E-state index contributed by atoms with van der Waals surface area (Å²) in [4.78, 5) is 31.7. The second-order valence-electron chi connectivity index (χ2n) is 6.36. The Morgan fingerprint density at radius 1 is 1.56 bits per heavy atom. The molecule has 1 amide bonds. The van der Waals surface area contributed by atoms with Gasteiger partial charge in [-0.2, -0.15) is 0 Å². The fourth-order valence-electron chi connectivity index (χ4n) is 3.70. The number of carbonyl (C=O) groups is 2. The van der Waals surface area contributed by atoms with Gasteiger partial charge in [0.2, 0.25) is 5.91 Å². The molecule has 0 saturated carbocycles. The Hall–Kier alpha value is -1.84. The van der Waals surface area contributed by atoms with E-state index < -0.39 is 12.1 Å². The molecule has 2 aliphatic rings. The molecule has 132 valence electrons. The van der Waals surface area contributed by atoms with Gasteiger partial charge in [-0.25, -0.2) is 9.78 Å². The zero-order valence-corrected chi connectivity index (χ0v) is 15.3. The van der Waals surface area contributed by atoms with Crippen molar-refractivity contribution in [1.29, 1.82) is 0 Å². The smallest absolute Gasteiger partial charge is 0.352 e. The lowest BCUT2D eigenvalue weighted by atomic mass is 9.82. The first-order valence-electron chi connectivity index (χ1n) is 7.90. The summed E-state index contributed by atoms with van der Waals surface area (Å²) >= 11 is 3.04. The summed E-state index contributed by atoms with van der Waals surface area (Å²) in [6, 6.07) is -0.164. The lowest BCUT2D eigenvalue weighted by molar-refractivity contribution is -0.156. The Morgan fingerprint density at radius 3 is 2.96 bits per heavy atom. The first kappa shape index (κ1) is 16.6. The van der Waals surface area contributed by atoms with Crippen LogP contribution >= 0.6 is 23.1 Å². The molecule has 0 aliphatic carbocycles. The molecule has 0 aromatic carbocycles. The predicted octanol–water partition coefficient (Wildman–Crippen LogP) is 1.91. The molecule has 1 saturated heterocycles. The number of β-lactam (4-membered cyclic amide) rings is 1. The third-order valence-corrected chi connectivity index (χ3v) is 6.74. The van der Waals surface area contributed by atoms with Crippen LogP contribution in [0.15, 0.2) is 23.2 Å². The third-order valence-electron chi connectivity index (χ3n) is 4.76. The number of hydrogen-bond donors (Lipinski definition) is 2. The number of nitrogens with zero attached hydrogens (tertiary/aromatic N) is 3. The number of aliphatic hydroxyl groups is 1. The number of amides is 1. The first-order chi connectivity index (χ1) is 11.9. The van der Waals surface area contributed by atoms with Crippen LogP contribution in [0.1, 0.15) is 24.6 Å². The minimum absolute atomic E-state index is 0.0833. The summed E-state index contributed by atoms with van der Waals surface area (Å²) in [6.45, 7) is 1.65. The summed E-state index contributed by atoms with van der Waals surface area (Å²) in [5.41, 5.74) is 0.778. The molecule has 2 aromatic heterocycles. The van der Waals surface area contributed by atoms with Gasteiger partial charge in [0.15, 0.2) is 0 Å². The van der Waals surface area contributed by atoms with E-state index >= 15 is 0 Å². The molecule has 2 aromatic rings. The van der Waals surface area contributed by atoms with Crippen LogP contribution < -0.4 is 0 Å². The molecule has 25 heavy (non-hydrogen) atoms. The van der Waals surface area contributed by atoms with E-state index in [0.717, 1.165) is 14.7 Å². The molecule has 0 unspecified atom stereocenters. The highest BCUT2D eigenvalue weighted by molar-refractivity contribution is 7.98. The number of fused-ring (bicyclic) bond motifs is 2. The van der Waals surface area contributed by atoms with Gasteiger partial charge in [0.1, 0.15) is 21.9 Å². The molecule has 2 aliphatic heterocycles. The summed E-state index contributed by atoms with van der Waals surface area (Å²) < 4.78 is 1.89. The van der Waals surface area contributed by atoms with Crippen molar-refractivity contribution in [3.63, 3.8) is 0 Å². The van der Waals surface area contributed by atoms with Crippen molar-refractivity contribution in [1.82, 2.24) is 14.3 Å². The molecular formula is C16H17N3O4S2. The van der Waals surface area contributed by atoms with E-state index in [1.165, 1.54) is 16.2 Å². The largest absolute Gasteiger partial charge is 0.477 e. The Kier molecular flexibility index (Phi) is 3.89. The van der Waals surface area contributed by atoms with Gasteiger partial charge in [-0.05, 0) is 26.0 Å². The summed E-state index contributed by atoms with van der Waals surface area (Å²) in [5, 5.41) is 20.2. The Bertz CT molecular complexity index is 914. The summed E-state index contributed by atoms with van der Waals surface area (Å²) in [6.07, 6.45) is 5.84. The number of carboxylic acids is 1. The minimum Gasteiger partial charge on any atom is -0.477 e. The number of carboxylic acid groups (broad SMARTS) is 1. The van der Waals surface area contributed by atoms with Crippen LogP contribution in [-0.2, 0) is 9.59 Å². The topological polar surface area (TPSA) is 95.1 Å². The van der Waals surface area contributed by atoms with E-state index in [-0.39, 0.29) is 23.6 Å². The molecule has 9 heteroatoms. The SMILES string of the molecule is CSc1ncn2cc(C3=C(C(=O)O)N4C(=O)[C@@H](C[C@@H](C)O)[C@H]4C3)sc12. The van der Waals surface area contributed by atoms with Gasteiger partial charge in [0.25, 0.3) is 0 Å². The summed E-state index contributed by atoms with van der Waals surface area (Å²) in [7, 11) is 0. The van der Waals surface area contributed by atoms with Gasteiger partial charge in [-0.1, -0.05) is 0 Å². The van der Waals surface area contributed by atoms with Gasteiger partial charge in [0.05, 0.1) is 22.9 Å². The number of imidazole rings is 1. The lowest BCUT2D eigenvalue weighted by Gasteiger charge is -2.43. The molecule has 0 radical (unpaired) electrons. The van der Waals surface area contributed by atoms with E-state index in [1.807, 2.05) is 16.9 Å². The molecular weight excluding hydrogens is 362 g/mol. The highest BCUT2D eigenvalue weighted by Crippen LogP contribution is 2.48. The first-order valence-corrected chi connectivity index (χ1v) is 9.95. The number of thiazole rings is 1. The van der Waals surface area contributed by atoms with Crippen molar-refractivity contribution in [3.8, 4) is 0 Å². The average molecular weight is 379 g/mol. The van der Waals surface area contributed by atoms with Crippen LogP contribution in [0, 0.1) is 5.92 Å². The number of hydrogen-bond acceptors (Lipinski definition) is 6. The zero-order valence-electron chi connectivity index (χ0n) is 13.7. The van der Waals surface area contributed by atoms with Gasteiger partial charge in [-0.3, -0.25) is 9.20 Å². The molecule has 4 rings (SSSR count). The standard InChI is InChI=1S/C16H17N3O4S2/c1-7(20)3-8-10-4-9(12(16(22)23)19(10)14(8)21)11-5-18-6-17-13(24-2)15(18)25-11/h5-8,10,20H,3-4H2,1-2H3,(H,22,23)/t7-,8+,10-/m1/s1. The second kappa shape index (κ2) is 5.86. The number of aliphatic carboxylic acids is 1. The molecule has 0 bridgehead atoms. The number of carbonyl (C=O) groups excluding carboxylic acids is 1. The van der Waals surface area contributed by atoms with Crippen LogP contribution in [0.5, 0.6) is 0 Å². The molecule has 1 fully saturated rings. The maximum atomic E-state index is 12.4. The molecule has 7 nitrogen and oxygen atoms in total. The van der Waals surface area contributed by atoms with Crippen LogP contribution in [0.2, 0.25) is 0 Å². The number of thioether (sulfide) groups is 1. The Labute approximate surface area is 152 Å². The van der Waals surface area contributed by atoms with E-state index in [1.54, 1.807) is 25.0 Å². The van der Waals surface area contributed by atoms with Crippen molar-refractivity contribution in [2.45, 2.75) is 36.9 Å². The normalized spacial score (nSPS) is 24.0. The highest BCUT2D eigenvalue weighted by atomic mass is 32.2. The molecule has 4 heterocycles. The second-order valence-corrected chi connectivity index (χ2v) is 8.19. The quantitative estimate of drug-likeness (QED) is 0.609. The fourth-order valence-corrected chi connectivity index (χ4v) is 5.53. The van der Waals surface area contributed by atoms with Crippen LogP contribution in [0.25, 0.3) is 10.4 Å². The maximum Gasteiger partial charge on any atom is 0.352 e. The predicted molar refractivity (Wildman–Crippen MR) is 94.4 cm³/mol. The van der Waals surface area contributed by atoms with Crippen molar-refractivity contribution >= 4 is 45.4 Å². The average Bonchev–Trinajstić information content (AvgIpc) is 3.22. The Balaban J connectivity index is 1.74. The van der Waals surface area contributed by atoms with Crippen LogP contribution in [0.4, 0.5) is 0 Å². The van der Waals surface area contributed by atoms with Gasteiger partial charge in [-0.15, -0.1) is 23.1 Å². The van der Waals surface area contributed by atoms with Crippen molar-refractivity contribution < 1.29 is 19.8 Å². The monoisotopic (exact) mass is 379 g/mol. The third kappa shape index (κ3) is 2.41. The molecule has 2 N–H and O–H groups in total. The maximum absolute atomic E-state index is 12.4. The highest BCUT2D eigenvalue weighted by Gasteiger charge is 2.55. The lowest BCUT2D eigenvalue weighted by Crippen LogP contribution is -2.59. The minimum atomic E-state index is -1.08. The van der Waals surface area contributed by atoms with Crippen molar-refractivity contribution in [2.24, 2.45) is 5.92 Å². The number of aliphatic hydroxyl groups excluding tert-OH is 1. The van der Waals surface area contributed by atoms with Crippen LogP contribution in [0.3, 0.4) is 0 Å². The number of aromatic nitrogens is 2. The Morgan fingerprint density at radius 2 is 2.32 bits per heavy atom.